The minimum atomic E-state index is -0.590. The fraction of sp³-hybridized carbons (Fsp3) is 0.333. The van der Waals surface area contributed by atoms with E-state index in [1.54, 1.807) is 6.92 Å². The summed E-state index contributed by atoms with van der Waals surface area (Å²) in [4.78, 5) is 0. The molecule has 0 amide bonds. The molecule has 1 atom stereocenters. The average Bonchev–Trinajstić information content (AvgIpc) is 2.26. The number of hydrogen-bond acceptors (Lipinski definition) is 2. The Morgan fingerprint density at radius 1 is 1.38 bits per heavy atom. The molecule has 3 N–H and O–H groups in total. The van der Waals surface area contributed by atoms with Gasteiger partial charge in [0.25, 0.3) is 0 Å². The second kappa shape index (κ2) is 6.21. The molecule has 0 bridgehead atoms. The van der Waals surface area contributed by atoms with Gasteiger partial charge in [-0.25, -0.2) is 8.78 Å². The number of nitrogens with one attached hydrogen (secondary N) is 1. The topological polar surface area (TPSA) is 38.0 Å². The molecule has 0 aliphatic carbocycles. The van der Waals surface area contributed by atoms with E-state index >= 15 is 0 Å². The van der Waals surface area contributed by atoms with E-state index in [1.165, 1.54) is 18.2 Å². The normalized spacial score (nSPS) is 11.8. The molecule has 0 aliphatic rings. The van der Waals surface area contributed by atoms with Gasteiger partial charge < -0.3 is 5.73 Å². The summed E-state index contributed by atoms with van der Waals surface area (Å²) >= 11 is 0. The van der Waals surface area contributed by atoms with Gasteiger partial charge in [-0.3, -0.25) is 5.32 Å². The summed E-state index contributed by atoms with van der Waals surface area (Å²) in [6.45, 7) is 2.16. The fourth-order valence-corrected chi connectivity index (χ4v) is 1.41. The minimum Gasteiger partial charge on any atom is -0.329 e. The summed E-state index contributed by atoms with van der Waals surface area (Å²) in [7, 11) is 0. The number of nitrogens with two attached hydrogens (primary N) is 1. The first-order chi connectivity index (χ1) is 7.70. The summed E-state index contributed by atoms with van der Waals surface area (Å²) < 4.78 is 26.9. The fourth-order valence-electron chi connectivity index (χ4n) is 1.41. The maximum Gasteiger partial charge on any atom is 0.130 e. The van der Waals surface area contributed by atoms with Crippen LogP contribution >= 0.6 is 0 Å². The van der Waals surface area contributed by atoms with Gasteiger partial charge in [-0.2, -0.15) is 0 Å². The van der Waals surface area contributed by atoms with Gasteiger partial charge in [-0.15, -0.1) is 5.92 Å². The third kappa shape index (κ3) is 3.02. The van der Waals surface area contributed by atoms with Crippen LogP contribution in [-0.4, -0.2) is 13.1 Å². The third-order valence-electron chi connectivity index (χ3n) is 2.20. The van der Waals surface area contributed by atoms with Crippen LogP contribution in [0, 0.1) is 23.5 Å². The molecule has 4 heteroatoms. The zero-order valence-electron chi connectivity index (χ0n) is 9.06. The van der Waals surface area contributed by atoms with Gasteiger partial charge in [-0.05, 0) is 19.1 Å². The third-order valence-corrected chi connectivity index (χ3v) is 2.20. The smallest absolute Gasteiger partial charge is 0.130 e. The first-order valence-corrected chi connectivity index (χ1v) is 4.97. The first kappa shape index (κ1) is 12.6. The highest BCUT2D eigenvalue weighted by atomic mass is 19.1. The quantitative estimate of drug-likeness (QED) is 0.762. The Kier molecular flexibility index (Phi) is 4.90. The molecule has 2 nitrogen and oxygen atoms in total. The Morgan fingerprint density at radius 3 is 2.50 bits per heavy atom. The van der Waals surface area contributed by atoms with E-state index in [2.05, 4.69) is 17.2 Å². The summed E-state index contributed by atoms with van der Waals surface area (Å²) in [6, 6.07) is 3.21. The number of benzene rings is 1. The second-order valence-corrected chi connectivity index (χ2v) is 3.23. The lowest BCUT2D eigenvalue weighted by molar-refractivity contribution is 0.487. The highest BCUT2D eigenvalue weighted by Gasteiger charge is 2.17. The van der Waals surface area contributed by atoms with Crippen LogP contribution in [0.1, 0.15) is 18.5 Å². The van der Waals surface area contributed by atoms with Gasteiger partial charge in [0.2, 0.25) is 0 Å². The van der Waals surface area contributed by atoms with Crippen molar-refractivity contribution in [3.05, 3.63) is 35.4 Å². The summed E-state index contributed by atoms with van der Waals surface area (Å²) in [5.41, 5.74) is 5.46. The summed E-state index contributed by atoms with van der Waals surface area (Å²) in [6.07, 6.45) is 0. The molecule has 16 heavy (non-hydrogen) atoms. The van der Waals surface area contributed by atoms with E-state index in [0.29, 0.717) is 6.54 Å². The lowest BCUT2D eigenvalue weighted by Crippen LogP contribution is -2.30. The molecule has 1 aromatic rings. The molecule has 86 valence electrons. The van der Waals surface area contributed by atoms with Crippen molar-refractivity contribution in [1.29, 1.82) is 0 Å². The second-order valence-electron chi connectivity index (χ2n) is 3.23. The monoisotopic (exact) mass is 224 g/mol. The van der Waals surface area contributed by atoms with Gasteiger partial charge in [-0.1, -0.05) is 12.0 Å². The molecule has 1 aromatic carbocycles. The van der Waals surface area contributed by atoms with E-state index in [1.807, 2.05) is 0 Å². The van der Waals surface area contributed by atoms with Crippen LogP contribution in [0.4, 0.5) is 8.78 Å². The Labute approximate surface area is 93.8 Å². The van der Waals surface area contributed by atoms with Crippen molar-refractivity contribution in [2.24, 2.45) is 5.73 Å². The van der Waals surface area contributed by atoms with Gasteiger partial charge in [0.1, 0.15) is 11.6 Å². The van der Waals surface area contributed by atoms with Crippen LogP contribution in [0.5, 0.6) is 0 Å². The zero-order valence-corrected chi connectivity index (χ0v) is 9.06. The van der Waals surface area contributed by atoms with Crippen LogP contribution < -0.4 is 11.1 Å². The summed E-state index contributed by atoms with van der Waals surface area (Å²) in [5.74, 6) is 4.27. The van der Waals surface area contributed by atoms with E-state index in [-0.39, 0.29) is 12.1 Å². The SMILES string of the molecule is CC#CCNC(CN)c1c(F)cccc1F. The standard InChI is InChI=1S/C12H14F2N2/c1-2-3-7-16-11(8-15)12-9(13)5-4-6-10(12)14/h4-6,11,16H,7-8,15H2,1H3. The Hall–Kier alpha value is -1.44. The highest BCUT2D eigenvalue weighted by Crippen LogP contribution is 2.19. The zero-order chi connectivity index (χ0) is 12.0. The molecule has 0 spiro atoms. The van der Waals surface area contributed by atoms with Gasteiger partial charge in [0, 0.05) is 12.1 Å². The summed E-state index contributed by atoms with van der Waals surface area (Å²) in [5, 5.41) is 2.89. The number of halogens is 2. The van der Waals surface area contributed by atoms with Crippen molar-refractivity contribution in [3.63, 3.8) is 0 Å². The van der Waals surface area contributed by atoms with Crippen molar-refractivity contribution in [1.82, 2.24) is 5.32 Å². The lowest BCUT2D eigenvalue weighted by atomic mass is 10.1. The average molecular weight is 224 g/mol. The maximum absolute atomic E-state index is 13.4. The Bertz CT molecular complexity index is 387. The van der Waals surface area contributed by atoms with Crippen molar-refractivity contribution < 1.29 is 8.78 Å². The minimum absolute atomic E-state index is 0.0251. The molecule has 0 saturated carbocycles. The predicted molar refractivity (Wildman–Crippen MR) is 59.6 cm³/mol. The molecule has 0 aliphatic heterocycles. The van der Waals surface area contributed by atoms with Crippen molar-refractivity contribution >= 4 is 0 Å². The van der Waals surface area contributed by atoms with Crippen LogP contribution in [0.15, 0.2) is 18.2 Å². The van der Waals surface area contributed by atoms with Crippen LogP contribution in [-0.2, 0) is 0 Å². The first-order valence-electron chi connectivity index (χ1n) is 4.97. The molecule has 0 heterocycles. The van der Waals surface area contributed by atoms with Gasteiger partial charge in [0.05, 0.1) is 12.6 Å². The van der Waals surface area contributed by atoms with Crippen molar-refractivity contribution in [2.75, 3.05) is 13.1 Å². The molecule has 0 fully saturated rings. The van der Waals surface area contributed by atoms with E-state index in [4.69, 9.17) is 5.73 Å². The molecule has 0 saturated heterocycles. The molecule has 0 aromatic heterocycles. The maximum atomic E-state index is 13.4. The van der Waals surface area contributed by atoms with Crippen LogP contribution in [0.2, 0.25) is 0 Å². The van der Waals surface area contributed by atoms with Crippen molar-refractivity contribution in [2.45, 2.75) is 13.0 Å². The van der Waals surface area contributed by atoms with E-state index in [0.717, 1.165) is 0 Å². The molecule has 1 rings (SSSR count). The predicted octanol–water partition coefficient (Wildman–Crippen LogP) is 1.58. The molecule has 0 radical (unpaired) electrons. The van der Waals surface area contributed by atoms with E-state index in [9.17, 15) is 8.78 Å². The Balaban J connectivity index is 2.88. The molecule has 1 unspecified atom stereocenters. The van der Waals surface area contributed by atoms with Gasteiger partial charge >= 0.3 is 0 Å². The van der Waals surface area contributed by atoms with Crippen molar-refractivity contribution in [3.8, 4) is 11.8 Å². The lowest BCUT2D eigenvalue weighted by Gasteiger charge is -2.16. The Morgan fingerprint density at radius 2 is 2.00 bits per heavy atom. The van der Waals surface area contributed by atoms with E-state index < -0.39 is 17.7 Å². The molecular weight excluding hydrogens is 210 g/mol. The number of rotatable bonds is 4. The van der Waals surface area contributed by atoms with Crippen LogP contribution in [0.3, 0.4) is 0 Å². The van der Waals surface area contributed by atoms with Gasteiger partial charge in [0.15, 0.2) is 0 Å². The number of hydrogen-bond donors (Lipinski definition) is 2. The van der Waals surface area contributed by atoms with Crippen LogP contribution in [0.25, 0.3) is 0 Å². The molecular formula is C12H14F2N2. The highest BCUT2D eigenvalue weighted by molar-refractivity contribution is 5.24. The largest absolute Gasteiger partial charge is 0.329 e.